The summed E-state index contributed by atoms with van der Waals surface area (Å²) in [6, 6.07) is 0. The average molecular weight is 453 g/mol. The van der Waals surface area contributed by atoms with E-state index in [0.717, 1.165) is 0 Å². The fourth-order valence-corrected chi connectivity index (χ4v) is 1.25. The van der Waals surface area contributed by atoms with E-state index in [1.807, 2.05) is 0 Å². The first-order chi connectivity index (χ1) is 3.71. The van der Waals surface area contributed by atoms with Crippen LogP contribution in [0.1, 0.15) is 0 Å². The van der Waals surface area contributed by atoms with E-state index >= 15 is 0 Å². The van der Waals surface area contributed by atoms with E-state index in [4.69, 9.17) is 19.6 Å². The molecule has 0 amide bonds. The van der Waals surface area contributed by atoms with E-state index < -0.39 is 15.6 Å². The van der Waals surface area contributed by atoms with E-state index in [0.29, 0.717) is 0 Å². The molecule has 11 heavy (non-hydrogen) atoms. The Balaban J connectivity index is -0.000000320. The normalized spacial score (nSPS) is 11.3. The molecule has 0 aliphatic heterocycles. The van der Waals surface area contributed by atoms with Crippen LogP contribution in [0.3, 0.4) is 0 Å². The topological polar surface area (TPSA) is 124 Å². The third-order valence-electron chi connectivity index (χ3n) is 0.213. The molecule has 60 valence electrons. The van der Waals surface area contributed by atoms with Gasteiger partial charge in [0.15, 0.2) is 0 Å². The van der Waals surface area contributed by atoms with Crippen molar-refractivity contribution in [1.82, 2.24) is 0 Å². The Morgan fingerprint density at radius 3 is 1.00 bits per heavy atom. The average Bonchev–Trinajstić information content (AvgIpc) is 1.14. The minimum Gasteiger partial charge on any atom is -0.302 e. The van der Waals surface area contributed by atoms with Gasteiger partial charge < -0.3 is 19.6 Å². The first kappa shape index (κ1) is 19.9. The molecular weight excluding hydrogens is 449 g/mol. The molecule has 0 aliphatic carbocycles. The van der Waals surface area contributed by atoms with Crippen LogP contribution in [0.25, 0.3) is 0 Å². The van der Waals surface area contributed by atoms with Crippen LogP contribution in [-0.4, -0.2) is 117 Å². The third kappa shape index (κ3) is 19.7. The van der Waals surface area contributed by atoms with Crippen LogP contribution >= 0.6 is 15.6 Å². The van der Waals surface area contributed by atoms with Gasteiger partial charge in [0.1, 0.15) is 0 Å². The summed E-state index contributed by atoms with van der Waals surface area (Å²) in [6.07, 6.45) is 0. The van der Waals surface area contributed by atoms with Crippen molar-refractivity contribution in [1.29, 1.82) is 0 Å². The molecule has 0 unspecified atom stereocenters. The Hall–Kier alpha value is 3.40. The molecule has 0 atom stereocenters. The van der Waals surface area contributed by atoms with Crippen LogP contribution in [0, 0.1) is 0 Å². The van der Waals surface area contributed by atoms with Crippen molar-refractivity contribution in [2.45, 2.75) is 0 Å². The van der Waals surface area contributed by atoms with Crippen molar-refractivity contribution in [2.24, 2.45) is 0 Å². The summed E-state index contributed by atoms with van der Waals surface area (Å²) in [7, 11) is -10.1. The fraction of sp³-hybridized carbons (Fsp3) is 0. The van der Waals surface area contributed by atoms with Gasteiger partial charge >= 0.3 is 15.6 Å². The van der Waals surface area contributed by atoms with E-state index in [1.165, 1.54) is 0 Å². The van der Waals surface area contributed by atoms with E-state index in [1.54, 1.807) is 0 Å². The molecule has 0 saturated heterocycles. The maximum absolute atomic E-state index is 9.63. The van der Waals surface area contributed by atoms with Crippen LogP contribution in [0.15, 0.2) is 0 Å². The standard InChI is InChI=1S/2Ba.H4O7P2/c;;1-8(2,3)7-9(4,5)6/h;;(H2,1,2,3)(H2,4,5,6). The van der Waals surface area contributed by atoms with Gasteiger partial charge in [0.25, 0.3) is 0 Å². The first-order valence-electron chi connectivity index (χ1n) is 1.53. The largest absolute Gasteiger partial charge is 0.478 e. The molecule has 0 aromatic rings. The Morgan fingerprint density at radius 1 is 0.818 bits per heavy atom. The number of rotatable bonds is 2. The molecule has 7 nitrogen and oxygen atoms in total. The van der Waals surface area contributed by atoms with Crippen LogP contribution in [0.4, 0.5) is 0 Å². The van der Waals surface area contributed by atoms with Crippen LogP contribution < -0.4 is 0 Å². The number of hydrogen-bond acceptors (Lipinski definition) is 3. The van der Waals surface area contributed by atoms with Crippen molar-refractivity contribution >= 4 is 113 Å². The van der Waals surface area contributed by atoms with Crippen molar-refractivity contribution in [3.63, 3.8) is 0 Å². The van der Waals surface area contributed by atoms with Gasteiger partial charge in [-0.25, -0.2) is 9.13 Å². The first-order valence-corrected chi connectivity index (χ1v) is 4.59. The summed E-state index contributed by atoms with van der Waals surface area (Å²) in [4.78, 5) is 31.0. The second-order valence-corrected chi connectivity index (χ2v) is 3.68. The summed E-state index contributed by atoms with van der Waals surface area (Å²) in [5, 5.41) is 0. The van der Waals surface area contributed by atoms with E-state index in [9.17, 15) is 9.13 Å². The SMILES string of the molecule is O=P(O)(O)OP(=O)(O)O.[Ba].[Ba]. The van der Waals surface area contributed by atoms with Gasteiger partial charge in [0.2, 0.25) is 0 Å². The van der Waals surface area contributed by atoms with Crippen molar-refractivity contribution < 1.29 is 33.0 Å². The Morgan fingerprint density at radius 2 is 1.00 bits per heavy atom. The van der Waals surface area contributed by atoms with Gasteiger partial charge in [0.05, 0.1) is 0 Å². The maximum atomic E-state index is 9.63. The number of phosphoric acid groups is 2. The zero-order valence-electron chi connectivity index (χ0n) is 5.32. The summed E-state index contributed by atoms with van der Waals surface area (Å²) in [5.41, 5.74) is 0. The second kappa shape index (κ2) is 7.66. The molecule has 0 aromatic carbocycles. The molecule has 0 fully saturated rings. The Labute approximate surface area is 143 Å². The van der Waals surface area contributed by atoms with Crippen molar-refractivity contribution in [3.8, 4) is 0 Å². The van der Waals surface area contributed by atoms with Gasteiger partial charge in [0, 0.05) is 97.8 Å². The van der Waals surface area contributed by atoms with Gasteiger partial charge in [-0.1, -0.05) is 0 Å². The van der Waals surface area contributed by atoms with Gasteiger partial charge in [-0.05, 0) is 0 Å². The van der Waals surface area contributed by atoms with Crippen LogP contribution in [-0.2, 0) is 13.4 Å². The third-order valence-corrected chi connectivity index (χ3v) is 1.91. The zero-order chi connectivity index (χ0) is 7.71. The molecule has 4 radical (unpaired) electrons. The minimum absolute atomic E-state index is 0. The monoisotopic (exact) mass is 454 g/mol. The molecule has 0 heterocycles. The minimum atomic E-state index is -5.05. The zero-order valence-corrected chi connectivity index (χ0v) is 16.0. The van der Waals surface area contributed by atoms with E-state index in [2.05, 4.69) is 4.31 Å². The second-order valence-electron chi connectivity index (χ2n) is 1.06. The predicted molar refractivity (Wildman–Crippen MR) is 36.7 cm³/mol. The fourth-order valence-electron chi connectivity index (χ4n) is 0.139. The predicted octanol–water partition coefficient (Wildman–Crippen LogP) is -1.57. The summed E-state index contributed by atoms with van der Waals surface area (Å²) >= 11 is 0. The van der Waals surface area contributed by atoms with Gasteiger partial charge in [-0.3, -0.25) is 0 Å². The molecular formula is H4Ba2O7P2. The van der Waals surface area contributed by atoms with Crippen LogP contribution in [0.2, 0.25) is 0 Å². The number of hydrogen-bond donors (Lipinski definition) is 4. The molecule has 0 aromatic heterocycles. The molecule has 0 rings (SSSR count). The molecule has 0 saturated carbocycles. The summed E-state index contributed by atoms with van der Waals surface area (Å²) < 4.78 is 22.2. The molecule has 11 heteroatoms. The van der Waals surface area contributed by atoms with Crippen molar-refractivity contribution in [3.05, 3.63) is 0 Å². The maximum Gasteiger partial charge on any atom is 0.478 e. The van der Waals surface area contributed by atoms with E-state index in [-0.39, 0.29) is 97.8 Å². The van der Waals surface area contributed by atoms with Gasteiger partial charge in [-0.15, -0.1) is 0 Å². The Kier molecular flexibility index (Phi) is 13.9. The quantitative estimate of drug-likeness (QED) is 0.295. The van der Waals surface area contributed by atoms with Crippen LogP contribution in [0.5, 0.6) is 0 Å². The summed E-state index contributed by atoms with van der Waals surface area (Å²) in [5.74, 6) is 0. The Bertz CT molecular complexity index is 155. The molecule has 0 bridgehead atoms. The molecule has 0 spiro atoms. The molecule has 4 N–H and O–H groups in total. The molecule has 0 aliphatic rings. The summed E-state index contributed by atoms with van der Waals surface area (Å²) in [6.45, 7) is 0. The van der Waals surface area contributed by atoms with Crippen molar-refractivity contribution in [2.75, 3.05) is 0 Å². The smallest absolute Gasteiger partial charge is 0.302 e. The van der Waals surface area contributed by atoms with Gasteiger partial charge in [-0.2, -0.15) is 4.31 Å².